The largest absolute Gasteiger partial charge is 0.361 e. The molecule has 0 spiro atoms. The first-order valence-corrected chi connectivity index (χ1v) is 43.5. The lowest BCUT2D eigenvalue weighted by molar-refractivity contribution is 0.585. The molecule has 125 heavy (non-hydrogen) atoms. The Bertz CT molecular complexity index is 8390. The van der Waals surface area contributed by atoms with Crippen molar-refractivity contribution >= 4 is 182 Å². The van der Waals surface area contributed by atoms with Gasteiger partial charge in [0, 0.05) is 130 Å². The fourth-order valence-electron chi connectivity index (χ4n) is 12.1. The molecule has 0 bridgehead atoms. The average Bonchev–Trinajstić information content (AvgIpc) is 1.60. The summed E-state index contributed by atoms with van der Waals surface area (Å²) >= 11 is 18.3. The zero-order valence-electron chi connectivity index (χ0n) is 68.8. The van der Waals surface area contributed by atoms with E-state index in [9.17, 15) is 74.4 Å². The number of fused-ring (bicyclic) bond motifs is 8. The molecule has 0 unspecified atom stereocenters. The van der Waals surface area contributed by atoms with Gasteiger partial charge in [-0.25, -0.2) is 55.6 Å². The Morgan fingerprint density at radius 1 is 0.440 bits per heavy atom. The summed E-state index contributed by atoms with van der Waals surface area (Å²) in [5, 5.41) is 3.39. The number of H-pyrrole nitrogens is 4. The van der Waals surface area contributed by atoms with Gasteiger partial charge in [0.1, 0.15) is 0 Å². The lowest BCUT2D eigenvalue weighted by atomic mass is 10.2. The van der Waals surface area contributed by atoms with Crippen molar-refractivity contribution in [1.82, 2.24) is 123 Å². The van der Waals surface area contributed by atoms with E-state index in [1.807, 2.05) is 42.9 Å². The number of nitrogens with zero attached hydrogens (tertiary/aromatic N) is 22. The number of sulfone groups is 2. The zero-order valence-corrected chi connectivity index (χ0v) is 76.5. The van der Waals surface area contributed by atoms with Crippen LogP contribution in [-0.4, -0.2) is 164 Å². The summed E-state index contributed by atoms with van der Waals surface area (Å²) < 4.78 is 67.7. The van der Waals surface area contributed by atoms with Gasteiger partial charge in [0.15, 0.2) is 72.1 Å². The maximum atomic E-state index is 12.6. The highest BCUT2D eigenvalue weighted by Gasteiger charge is 2.26. The number of terminal acetylenes is 4. The quantitative estimate of drug-likeness (QED) is 0.0561. The van der Waals surface area contributed by atoms with Gasteiger partial charge < -0.3 is 37.4 Å². The van der Waals surface area contributed by atoms with Crippen LogP contribution < -0.4 is 67.5 Å². The van der Waals surface area contributed by atoms with E-state index in [4.69, 9.17) is 48.9 Å². The number of hydrogen-bond donors (Lipinski definition) is 4. The molecule has 14 heterocycles. The molecule has 0 amide bonds. The number of aromatic nitrogens is 26. The third-order valence-corrected chi connectivity index (χ3v) is 23.0. The molecule has 16 rings (SSSR count). The van der Waals surface area contributed by atoms with Gasteiger partial charge in [-0.15, -0.1) is 25.7 Å². The van der Waals surface area contributed by atoms with E-state index >= 15 is 0 Å². The predicted molar refractivity (Wildman–Crippen MR) is 487 cm³/mol. The van der Waals surface area contributed by atoms with Crippen molar-refractivity contribution in [2.75, 3.05) is 24.1 Å². The SMILES string of the molecule is C#CCBr.C#CCn1c(=O)n(C)c(=O)c2c1nc(Cl)n2C.C#CCn1c(=O)n(C)c(=O)c2c1nc(S(C)(=O)=O)n2C.C#CCn1c(=O)n(C)c(=O)c2c1nc(SC)n2C.Cn1c(=O)[nH]c2nc(Cl)n(C)c2c1=O.Cn1c(=O)[nH]c2ncn(C)c2c1=O.Cn1c(=O)c2c(nc(S(C)(=O)=O)n2C)n(CC#Cc2ccc3cc[nH]c3c2)c1=O.Ic1ccc2cc[nH]c2c1. The molecule has 0 aliphatic carbocycles. The van der Waals surface area contributed by atoms with Crippen molar-refractivity contribution in [1.29, 1.82) is 0 Å². The fraction of sp³-hybridized carbons (Fsp3) is 0.263. The molecule has 0 aliphatic heterocycles. The van der Waals surface area contributed by atoms with Crippen molar-refractivity contribution in [3.8, 4) is 61.2 Å². The highest BCUT2D eigenvalue weighted by atomic mass is 127. The summed E-state index contributed by atoms with van der Waals surface area (Å²) in [6.07, 6.45) is 29.5. The van der Waals surface area contributed by atoms with Crippen LogP contribution in [0.15, 0.2) is 140 Å². The number of aryl methyl sites for hydroxylation is 6. The Balaban J connectivity index is 0.000000167. The highest BCUT2D eigenvalue weighted by molar-refractivity contribution is 14.1. The van der Waals surface area contributed by atoms with Crippen molar-refractivity contribution < 1.29 is 16.8 Å². The number of hydrogen-bond acceptors (Lipinski definition) is 23. The second kappa shape index (κ2) is 38.8. The molecule has 0 fully saturated rings. The lowest BCUT2D eigenvalue weighted by Crippen LogP contribution is -2.38. The van der Waals surface area contributed by atoms with E-state index in [2.05, 4.69) is 148 Å². The molecule has 42 nitrogen and oxygen atoms in total. The van der Waals surface area contributed by atoms with Crippen LogP contribution in [0.1, 0.15) is 5.56 Å². The molecule has 14 aromatic heterocycles. The number of thioether (sulfide) groups is 1. The van der Waals surface area contributed by atoms with Gasteiger partial charge in [0.05, 0.1) is 37.8 Å². The van der Waals surface area contributed by atoms with Gasteiger partial charge in [0.25, 0.3) is 33.4 Å². The zero-order chi connectivity index (χ0) is 92.8. The first-order valence-electron chi connectivity index (χ1n) is 35.5. The molecule has 2 aromatic carbocycles. The lowest BCUT2D eigenvalue weighted by Gasteiger charge is -2.05. The van der Waals surface area contributed by atoms with Crippen molar-refractivity contribution in [2.24, 2.45) is 84.6 Å². The highest BCUT2D eigenvalue weighted by Crippen LogP contribution is 2.21. The van der Waals surface area contributed by atoms with Crippen LogP contribution in [0.4, 0.5) is 0 Å². The first-order chi connectivity index (χ1) is 58.8. The van der Waals surface area contributed by atoms with Crippen LogP contribution in [0.3, 0.4) is 0 Å². The van der Waals surface area contributed by atoms with Crippen molar-refractivity contribution in [2.45, 2.75) is 41.6 Å². The number of halogens is 4. The molecule has 0 saturated heterocycles. The number of rotatable bonds is 7. The van der Waals surface area contributed by atoms with Crippen LogP contribution in [0, 0.1) is 64.8 Å². The Hall–Kier alpha value is -13.7. The minimum Gasteiger partial charge on any atom is -0.361 e. The molecular formula is C76H74BrCl2IN26O16S3. The second-order valence-corrected chi connectivity index (χ2v) is 33.8. The first kappa shape index (κ1) is 95.1. The molecule has 16 aromatic rings. The monoisotopic (exact) mass is 1980 g/mol. The number of imidazole rings is 6. The summed E-state index contributed by atoms with van der Waals surface area (Å²) in [4.78, 5) is 178. The van der Waals surface area contributed by atoms with Gasteiger partial charge in [0.2, 0.25) is 40.6 Å². The summed E-state index contributed by atoms with van der Waals surface area (Å²) in [6, 6.07) is 16.1. The molecule has 4 N–H and O–H groups in total. The molecule has 0 saturated carbocycles. The molecule has 650 valence electrons. The van der Waals surface area contributed by atoms with E-state index < -0.39 is 76.1 Å². The summed E-state index contributed by atoms with van der Waals surface area (Å²) in [7, 11) is 10.4. The number of alkyl halides is 1. The number of aromatic amines is 4. The van der Waals surface area contributed by atoms with Gasteiger partial charge in [-0.3, -0.25) is 84.4 Å². The third-order valence-electron chi connectivity index (χ3n) is 18.5. The Morgan fingerprint density at radius 2 is 0.808 bits per heavy atom. The van der Waals surface area contributed by atoms with E-state index in [-0.39, 0.29) is 103 Å². The van der Waals surface area contributed by atoms with Crippen LogP contribution in [0.5, 0.6) is 0 Å². The minimum absolute atomic E-state index is 0.00450. The van der Waals surface area contributed by atoms with Gasteiger partial charge in [-0.05, 0) is 99.2 Å². The van der Waals surface area contributed by atoms with Crippen molar-refractivity contribution in [3.63, 3.8) is 0 Å². The van der Waals surface area contributed by atoms with Gasteiger partial charge in [-0.2, -0.15) is 19.9 Å². The Labute approximate surface area is 739 Å². The number of nitrogens with one attached hydrogen (secondary N) is 4. The minimum atomic E-state index is -3.68. The molecule has 0 aliphatic rings. The second-order valence-electron chi connectivity index (χ2n) is 26.7. The average molecular weight is 1980 g/mol. The molecule has 0 radical (unpaired) electrons. The predicted octanol–water partition coefficient (Wildman–Crippen LogP) is 0.711. The third kappa shape index (κ3) is 19.2. The maximum Gasteiger partial charge on any atom is 0.333 e. The summed E-state index contributed by atoms with van der Waals surface area (Å²) in [5.41, 5.74) is -0.587. The van der Waals surface area contributed by atoms with Crippen LogP contribution in [-0.2, 0) is 130 Å². The molecular weight excluding hydrogens is 1910 g/mol. The Morgan fingerprint density at radius 3 is 1.24 bits per heavy atom. The fourth-order valence-corrected chi connectivity index (χ4v) is 15.2. The van der Waals surface area contributed by atoms with Crippen LogP contribution >= 0.6 is 73.5 Å². The molecule has 49 heteroatoms. The Kier molecular flexibility index (Phi) is 29.5. The van der Waals surface area contributed by atoms with E-state index in [0.717, 1.165) is 65.5 Å². The van der Waals surface area contributed by atoms with Crippen molar-refractivity contribution in [3.05, 3.63) is 212 Å². The van der Waals surface area contributed by atoms with E-state index in [0.29, 0.717) is 32.8 Å². The van der Waals surface area contributed by atoms with Crippen LogP contribution in [0.25, 0.3) is 88.8 Å². The summed E-state index contributed by atoms with van der Waals surface area (Å²) in [6.45, 7) is -0.0266. The van der Waals surface area contributed by atoms with E-state index in [1.165, 1.54) is 116 Å². The normalized spacial score (nSPS) is 11.0. The topological polar surface area (TPSA) is 493 Å². The smallest absolute Gasteiger partial charge is 0.333 e. The number of benzene rings is 2. The standard InChI is InChI=1S/C19H17N5O4S.C11H12N4O4S.C11H12N4O2S.C10H9ClN4O2.C8H6IN.C7H7ClN4O2.C7H8N4O2.C3H3Br/c1-22-15-16(21-18(22)29(3,27)28)24(19(26)23(2)17(15)25)10-4-5-12-6-7-13-8-9-20-14(13)11-12;1-5-6-15-8-7(9(16)14(3)11(15)17)13(2)10(12-8)20(4,18)19;1-5-6-15-8-7(9(16)14(3)11(15)17)13(2)10(12-8)18-4;1-4-5-15-7-6(13(2)9(11)12-7)8(16)14(3)10(15)17;9-7-2-1-6-3-4-10-8(6)5-7;1-11-3-4(9-6(11)8)10-7(14)12(2)5(3)13;1-10-3-8-5-4(10)6(12)11(2)7(13)9-5;1-2-3-4/h6-9,11,20H,10H2,1-3H3;1H,6H2,2-4H3;1H,6H2,2-4H3;1H,5H2,2-3H3;1-5,10H;1-2H3,(H,10,14);3H,1-2H3,(H,9,13);1H,3H2. The molecule has 0 atom stereocenters. The summed E-state index contributed by atoms with van der Waals surface area (Å²) in [5.74, 6) is 15.3. The van der Waals surface area contributed by atoms with Crippen LogP contribution in [0.2, 0.25) is 10.6 Å². The van der Waals surface area contributed by atoms with Gasteiger partial charge >= 0.3 is 34.1 Å². The van der Waals surface area contributed by atoms with Gasteiger partial charge in [-0.1, -0.05) is 75.3 Å². The maximum absolute atomic E-state index is 12.6. The van der Waals surface area contributed by atoms with E-state index in [1.54, 1.807) is 37.3 Å².